The molecule has 0 bridgehead atoms. The summed E-state index contributed by atoms with van der Waals surface area (Å²) in [5, 5.41) is 4.57. The zero-order chi connectivity index (χ0) is 23.7. The third kappa shape index (κ3) is 4.45. The largest absolute Gasteiger partial charge is 0.493 e. The van der Waals surface area contributed by atoms with Crippen molar-refractivity contribution in [2.45, 2.75) is 18.0 Å². The average molecular weight is 512 g/mol. The van der Waals surface area contributed by atoms with Gasteiger partial charge >= 0.3 is 0 Å². The molecule has 0 aliphatic carbocycles. The fourth-order valence-corrected chi connectivity index (χ4v) is 6.14. The minimum absolute atomic E-state index is 0.0838. The molecule has 1 aliphatic heterocycles. The van der Waals surface area contributed by atoms with Crippen LogP contribution in [-0.4, -0.2) is 47.3 Å². The number of hydrogen-bond donors (Lipinski definition) is 0. The molecule has 0 atom stereocenters. The summed E-state index contributed by atoms with van der Waals surface area (Å²) in [6, 6.07) is 11.7. The first-order chi connectivity index (χ1) is 16.6. The van der Waals surface area contributed by atoms with E-state index in [4.69, 9.17) is 21.1 Å². The van der Waals surface area contributed by atoms with Gasteiger partial charge in [0.1, 0.15) is 16.2 Å². The standard InChI is InChI=1S/C25H22ClN3O3S2/c1-31-20-9-16-7-8-29(11-17(16)10-21(20)32-2)22(30)13-34-25-23-19(12-33-24(23)27-14-28-25)15-3-5-18(26)6-4-15/h3-6,9-10,12,14H,7-8,11,13H2,1-2H3. The van der Waals surface area contributed by atoms with Crippen molar-refractivity contribution in [1.29, 1.82) is 0 Å². The van der Waals surface area contributed by atoms with Crippen molar-refractivity contribution in [1.82, 2.24) is 14.9 Å². The number of thiophene rings is 1. The highest BCUT2D eigenvalue weighted by Gasteiger charge is 2.23. The molecule has 2 aromatic heterocycles. The molecule has 9 heteroatoms. The van der Waals surface area contributed by atoms with Crippen LogP contribution < -0.4 is 9.47 Å². The minimum Gasteiger partial charge on any atom is -0.493 e. The van der Waals surface area contributed by atoms with Gasteiger partial charge in [0.15, 0.2) is 11.5 Å². The second kappa shape index (κ2) is 9.82. The highest BCUT2D eigenvalue weighted by Crippen LogP contribution is 2.38. The zero-order valence-electron chi connectivity index (χ0n) is 18.7. The van der Waals surface area contributed by atoms with Crippen molar-refractivity contribution in [3.05, 3.63) is 64.3 Å². The van der Waals surface area contributed by atoms with E-state index in [0.29, 0.717) is 29.6 Å². The number of hydrogen-bond acceptors (Lipinski definition) is 7. The van der Waals surface area contributed by atoms with Gasteiger partial charge in [-0.15, -0.1) is 11.3 Å². The number of rotatable bonds is 6. The van der Waals surface area contributed by atoms with E-state index in [0.717, 1.165) is 44.1 Å². The van der Waals surface area contributed by atoms with Crippen LogP contribution >= 0.6 is 34.7 Å². The highest BCUT2D eigenvalue weighted by molar-refractivity contribution is 8.00. The van der Waals surface area contributed by atoms with E-state index in [-0.39, 0.29) is 5.91 Å². The number of amides is 1. The van der Waals surface area contributed by atoms with Gasteiger partial charge in [0.05, 0.1) is 25.4 Å². The van der Waals surface area contributed by atoms with Crippen molar-refractivity contribution < 1.29 is 14.3 Å². The maximum Gasteiger partial charge on any atom is 0.233 e. The Morgan fingerprint density at radius 2 is 1.85 bits per heavy atom. The number of nitrogens with zero attached hydrogens (tertiary/aromatic N) is 3. The Hall–Kier alpha value is -2.81. The lowest BCUT2D eigenvalue weighted by molar-refractivity contribution is -0.129. The topological polar surface area (TPSA) is 64.6 Å². The molecule has 2 aromatic carbocycles. The van der Waals surface area contributed by atoms with E-state index < -0.39 is 0 Å². The fraction of sp³-hybridized carbons (Fsp3) is 0.240. The van der Waals surface area contributed by atoms with Gasteiger partial charge in [0.25, 0.3) is 0 Å². The predicted molar refractivity (Wildman–Crippen MR) is 137 cm³/mol. The number of halogens is 1. The molecular weight excluding hydrogens is 490 g/mol. The van der Waals surface area contributed by atoms with Gasteiger partial charge in [-0.2, -0.15) is 0 Å². The molecule has 174 valence electrons. The van der Waals surface area contributed by atoms with Gasteiger partial charge in [-0.3, -0.25) is 4.79 Å². The summed E-state index contributed by atoms with van der Waals surface area (Å²) >= 11 is 9.09. The van der Waals surface area contributed by atoms with Crippen LogP contribution in [0.2, 0.25) is 5.02 Å². The number of aromatic nitrogens is 2. The summed E-state index contributed by atoms with van der Waals surface area (Å²) in [4.78, 5) is 24.9. The van der Waals surface area contributed by atoms with E-state index in [1.54, 1.807) is 31.9 Å². The number of thioether (sulfide) groups is 1. The lowest BCUT2D eigenvalue weighted by atomic mass is 9.99. The van der Waals surface area contributed by atoms with Gasteiger partial charge in [-0.1, -0.05) is 35.5 Å². The number of carbonyl (C=O) groups is 1. The maximum atomic E-state index is 13.1. The van der Waals surface area contributed by atoms with Crippen LogP contribution in [-0.2, 0) is 17.8 Å². The monoisotopic (exact) mass is 511 g/mol. The van der Waals surface area contributed by atoms with Crippen LogP contribution in [0.25, 0.3) is 21.3 Å². The number of ether oxygens (including phenoxy) is 2. The van der Waals surface area contributed by atoms with Crippen LogP contribution in [0.4, 0.5) is 0 Å². The molecule has 0 saturated carbocycles. The number of methoxy groups -OCH3 is 2. The third-order valence-corrected chi connectivity index (χ3v) is 8.01. The molecule has 1 aliphatic rings. The molecule has 5 rings (SSSR count). The van der Waals surface area contributed by atoms with Gasteiger partial charge in [-0.25, -0.2) is 9.97 Å². The molecular formula is C25H22ClN3O3S2. The summed E-state index contributed by atoms with van der Waals surface area (Å²) in [5.41, 5.74) is 4.39. The van der Waals surface area contributed by atoms with E-state index >= 15 is 0 Å². The number of fused-ring (bicyclic) bond motifs is 2. The van der Waals surface area contributed by atoms with Crippen molar-refractivity contribution in [2.75, 3.05) is 26.5 Å². The number of carbonyl (C=O) groups excluding carboxylic acids is 1. The highest BCUT2D eigenvalue weighted by atomic mass is 35.5. The molecule has 6 nitrogen and oxygen atoms in total. The summed E-state index contributed by atoms with van der Waals surface area (Å²) in [7, 11) is 3.26. The normalized spacial score (nSPS) is 13.1. The molecule has 0 radical (unpaired) electrons. The van der Waals surface area contributed by atoms with Crippen LogP contribution in [0.5, 0.6) is 11.5 Å². The molecule has 1 amide bonds. The Balaban J connectivity index is 1.34. The van der Waals surface area contributed by atoms with Crippen LogP contribution in [0, 0.1) is 0 Å². The van der Waals surface area contributed by atoms with Crippen molar-refractivity contribution in [3.8, 4) is 22.6 Å². The zero-order valence-corrected chi connectivity index (χ0v) is 21.1. The second-order valence-corrected chi connectivity index (χ2v) is 10.1. The van der Waals surface area contributed by atoms with Gasteiger partial charge in [-0.05, 0) is 47.4 Å². The van der Waals surface area contributed by atoms with Crippen LogP contribution in [0.15, 0.2) is 53.1 Å². The molecule has 34 heavy (non-hydrogen) atoms. The van der Waals surface area contributed by atoms with E-state index in [1.165, 1.54) is 17.3 Å². The quantitative estimate of drug-likeness (QED) is 0.244. The Labute approximate surface area is 210 Å². The molecule has 4 aromatic rings. The maximum absolute atomic E-state index is 13.1. The third-order valence-electron chi connectivity index (χ3n) is 5.89. The van der Waals surface area contributed by atoms with Crippen LogP contribution in [0.1, 0.15) is 11.1 Å². The SMILES string of the molecule is COc1cc2c(cc1OC)CN(C(=O)CSc1ncnc3scc(-c4ccc(Cl)cc4)c13)CC2. The second-order valence-electron chi connectivity index (χ2n) is 7.85. The molecule has 0 N–H and O–H groups in total. The number of benzene rings is 2. The molecule has 0 unspecified atom stereocenters. The van der Waals surface area contributed by atoms with Crippen LogP contribution in [0.3, 0.4) is 0 Å². The lowest BCUT2D eigenvalue weighted by Gasteiger charge is -2.29. The van der Waals surface area contributed by atoms with Gasteiger partial charge in [0.2, 0.25) is 5.91 Å². The molecule has 0 spiro atoms. The molecule has 3 heterocycles. The first-order valence-electron chi connectivity index (χ1n) is 10.7. The van der Waals surface area contributed by atoms with E-state index in [2.05, 4.69) is 15.3 Å². The van der Waals surface area contributed by atoms with E-state index in [9.17, 15) is 4.79 Å². The van der Waals surface area contributed by atoms with E-state index in [1.807, 2.05) is 41.3 Å². The first kappa shape index (κ1) is 23.0. The molecule has 0 fully saturated rings. The summed E-state index contributed by atoms with van der Waals surface area (Å²) in [6.45, 7) is 1.23. The van der Waals surface area contributed by atoms with Crippen molar-refractivity contribution >= 4 is 50.8 Å². The smallest absolute Gasteiger partial charge is 0.233 e. The molecule has 0 saturated heterocycles. The lowest BCUT2D eigenvalue weighted by Crippen LogP contribution is -2.37. The fourth-order valence-electron chi connectivity index (χ4n) is 4.12. The van der Waals surface area contributed by atoms with Crippen molar-refractivity contribution in [3.63, 3.8) is 0 Å². The van der Waals surface area contributed by atoms with Crippen molar-refractivity contribution in [2.24, 2.45) is 0 Å². The van der Waals surface area contributed by atoms with Gasteiger partial charge in [0, 0.05) is 29.1 Å². The predicted octanol–water partition coefficient (Wildman–Crippen LogP) is 5.71. The Bertz CT molecular complexity index is 1360. The summed E-state index contributed by atoms with van der Waals surface area (Å²) < 4.78 is 10.9. The first-order valence-corrected chi connectivity index (χ1v) is 12.9. The Morgan fingerprint density at radius 1 is 1.12 bits per heavy atom. The average Bonchev–Trinajstić information content (AvgIpc) is 3.31. The Kier molecular flexibility index (Phi) is 6.63. The minimum atomic E-state index is 0.0838. The Morgan fingerprint density at radius 3 is 2.59 bits per heavy atom. The van der Waals surface area contributed by atoms with Gasteiger partial charge < -0.3 is 14.4 Å². The summed E-state index contributed by atoms with van der Waals surface area (Å²) in [6.07, 6.45) is 2.35. The summed E-state index contributed by atoms with van der Waals surface area (Å²) in [5.74, 6) is 1.79.